The molecule has 0 saturated carbocycles. The molecule has 1 fully saturated rings. The fourth-order valence-electron chi connectivity index (χ4n) is 2.26. The van der Waals surface area contributed by atoms with E-state index in [2.05, 4.69) is 20.5 Å². The minimum Gasteiger partial charge on any atom is -0.489 e. The van der Waals surface area contributed by atoms with Crippen LogP contribution in [0.5, 0.6) is 5.75 Å². The Labute approximate surface area is 125 Å². The number of hydrogen-bond donors (Lipinski definition) is 2. The summed E-state index contributed by atoms with van der Waals surface area (Å²) in [4.78, 5) is 18.7. The number of carbonyl (C=O) groups is 1. The molecule has 6 heteroatoms. The lowest BCUT2D eigenvalue weighted by Crippen LogP contribution is -2.46. The summed E-state index contributed by atoms with van der Waals surface area (Å²) in [6.45, 7) is 9.43. The van der Waals surface area contributed by atoms with E-state index in [-0.39, 0.29) is 12.0 Å². The highest BCUT2D eigenvalue weighted by molar-refractivity contribution is 5.94. The summed E-state index contributed by atoms with van der Waals surface area (Å²) in [6, 6.07) is 3.55. The van der Waals surface area contributed by atoms with Gasteiger partial charge >= 0.3 is 0 Å². The monoisotopic (exact) mass is 292 g/mol. The molecule has 1 aliphatic rings. The zero-order valence-electron chi connectivity index (χ0n) is 12.8. The number of hydrogen-bond acceptors (Lipinski definition) is 5. The first-order valence-electron chi connectivity index (χ1n) is 7.50. The van der Waals surface area contributed by atoms with Crippen molar-refractivity contribution in [1.29, 1.82) is 0 Å². The van der Waals surface area contributed by atoms with Crippen LogP contribution in [0.3, 0.4) is 0 Å². The van der Waals surface area contributed by atoms with Crippen LogP contribution in [0.4, 0.5) is 0 Å². The number of piperazine rings is 1. The third-order valence-corrected chi connectivity index (χ3v) is 3.27. The van der Waals surface area contributed by atoms with E-state index in [1.54, 1.807) is 18.3 Å². The first-order valence-corrected chi connectivity index (χ1v) is 7.50. The molecule has 0 aromatic carbocycles. The highest BCUT2D eigenvalue weighted by Gasteiger charge is 2.15. The second kappa shape index (κ2) is 7.95. The van der Waals surface area contributed by atoms with Gasteiger partial charge in [0.1, 0.15) is 0 Å². The smallest absolute Gasteiger partial charge is 0.273 e. The highest BCUT2D eigenvalue weighted by atomic mass is 16.5. The van der Waals surface area contributed by atoms with Gasteiger partial charge in [0.2, 0.25) is 0 Å². The molecule has 2 rings (SSSR count). The Hall–Kier alpha value is -1.66. The SMILES string of the molecule is CC(C)Oc1cccnc1C(=O)NCCN1CCNCC1. The van der Waals surface area contributed by atoms with Gasteiger partial charge in [-0.2, -0.15) is 0 Å². The molecule has 1 amide bonds. The fourth-order valence-corrected chi connectivity index (χ4v) is 2.26. The molecular weight excluding hydrogens is 268 g/mol. The van der Waals surface area contributed by atoms with Crippen molar-refractivity contribution < 1.29 is 9.53 Å². The second-order valence-corrected chi connectivity index (χ2v) is 5.36. The van der Waals surface area contributed by atoms with Crippen LogP contribution in [-0.4, -0.2) is 61.2 Å². The Morgan fingerprint density at radius 1 is 1.48 bits per heavy atom. The molecule has 2 N–H and O–H groups in total. The number of pyridine rings is 1. The van der Waals surface area contributed by atoms with Crippen molar-refractivity contribution in [3.63, 3.8) is 0 Å². The van der Waals surface area contributed by atoms with E-state index in [4.69, 9.17) is 4.74 Å². The molecule has 1 aromatic rings. The number of aromatic nitrogens is 1. The Morgan fingerprint density at radius 3 is 2.95 bits per heavy atom. The average Bonchev–Trinajstić information content (AvgIpc) is 2.48. The summed E-state index contributed by atoms with van der Waals surface area (Å²) < 4.78 is 5.62. The van der Waals surface area contributed by atoms with Crippen LogP contribution in [0, 0.1) is 0 Å². The van der Waals surface area contributed by atoms with E-state index in [1.807, 2.05) is 13.8 Å². The van der Waals surface area contributed by atoms with Gasteiger partial charge in [-0.05, 0) is 26.0 Å². The molecule has 1 saturated heterocycles. The lowest BCUT2D eigenvalue weighted by atomic mass is 10.3. The number of ether oxygens (including phenoxy) is 1. The first kappa shape index (κ1) is 15.7. The minimum atomic E-state index is -0.179. The van der Waals surface area contributed by atoms with Crippen LogP contribution in [0.25, 0.3) is 0 Å². The zero-order valence-corrected chi connectivity index (χ0v) is 12.8. The van der Waals surface area contributed by atoms with E-state index in [1.165, 1.54) is 0 Å². The van der Waals surface area contributed by atoms with E-state index in [0.717, 1.165) is 32.7 Å². The summed E-state index contributed by atoms with van der Waals surface area (Å²) in [5.41, 5.74) is 0.353. The third kappa shape index (κ3) is 4.99. The molecule has 0 spiro atoms. The zero-order chi connectivity index (χ0) is 15.1. The molecule has 6 nitrogen and oxygen atoms in total. The molecule has 0 radical (unpaired) electrons. The number of nitrogens with one attached hydrogen (secondary N) is 2. The fraction of sp³-hybridized carbons (Fsp3) is 0.600. The van der Waals surface area contributed by atoms with Crippen LogP contribution >= 0.6 is 0 Å². The molecule has 2 heterocycles. The van der Waals surface area contributed by atoms with E-state index < -0.39 is 0 Å². The molecule has 0 aliphatic carbocycles. The van der Waals surface area contributed by atoms with Crippen molar-refractivity contribution in [2.45, 2.75) is 20.0 Å². The van der Waals surface area contributed by atoms with Crippen molar-refractivity contribution in [2.75, 3.05) is 39.3 Å². The van der Waals surface area contributed by atoms with E-state index >= 15 is 0 Å². The Morgan fingerprint density at radius 2 is 2.24 bits per heavy atom. The highest BCUT2D eigenvalue weighted by Crippen LogP contribution is 2.16. The lowest BCUT2D eigenvalue weighted by molar-refractivity contribution is 0.0936. The summed E-state index contributed by atoms with van der Waals surface area (Å²) in [5.74, 6) is 0.355. The van der Waals surface area contributed by atoms with Gasteiger partial charge in [-0.25, -0.2) is 4.98 Å². The topological polar surface area (TPSA) is 66.5 Å². The number of rotatable bonds is 6. The summed E-state index contributed by atoms with van der Waals surface area (Å²) in [7, 11) is 0. The van der Waals surface area contributed by atoms with Gasteiger partial charge in [-0.15, -0.1) is 0 Å². The number of carbonyl (C=O) groups excluding carboxylic acids is 1. The lowest BCUT2D eigenvalue weighted by Gasteiger charge is -2.27. The maximum Gasteiger partial charge on any atom is 0.273 e. The third-order valence-electron chi connectivity index (χ3n) is 3.27. The van der Waals surface area contributed by atoms with Crippen LogP contribution in [0.2, 0.25) is 0 Å². The van der Waals surface area contributed by atoms with Crippen molar-refractivity contribution in [3.05, 3.63) is 24.0 Å². The maximum atomic E-state index is 12.2. The van der Waals surface area contributed by atoms with Crippen LogP contribution < -0.4 is 15.4 Å². The van der Waals surface area contributed by atoms with Crippen molar-refractivity contribution in [1.82, 2.24) is 20.5 Å². The normalized spacial score (nSPS) is 16.0. The molecule has 1 aromatic heterocycles. The molecular formula is C15H24N4O2. The second-order valence-electron chi connectivity index (χ2n) is 5.36. The molecule has 1 aliphatic heterocycles. The van der Waals surface area contributed by atoms with Crippen molar-refractivity contribution in [2.24, 2.45) is 0 Å². The van der Waals surface area contributed by atoms with Crippen molar-refractivity contribution >= 4 is 5.91 Å². The van der Waals surface area contributed by atoms with Gasteiger partial charge in [0, 0.05) is 45.5 Å². The quantitative estimate of drug-likeness (QED) is 0.799. The van der Waals surface area contributed by atoms with Gasteiger partial charge in [0.05, 0.1) is 6.10 Å². The molecule has 0 bridgehead atoms. The van der Waals surface area contributed by atoms with Crippen molar-refractivity contribution in [3.8, 4) is 5.75 Å². The standard InChI is InChI=1S/C15H24N4O2/c1-12(2)21-13-4-3-5-17-14(13)15(20)18-8-11-19-9-6-16-7-10-19/h3-5,12,16H,6-11H2,1-2H3,(H,18,20). The van der Waals surface area contributed by atoms with Gasteiger partial charge < -0.3 is 15.4 Å². The molecule has 0 unspecified atom stereocenters. The van der Waals surface area contributed by atoms with Gasteiger partial charge in [-0.1, -0.05) is 0 Å². The average molecular weight is 292 g/mol. The van der Waals surface area contributed by atoms with E-state index in [9.17, 15) is 4.79 Å². The summed E-state index contributed by atoms with van der Waals surface area (Å²) >= 11 is 0. The van der Waals surface area contributed by atoms with Gasteiger partial charge in [0.15, 0.2) is 11.4 Å². The van der Waals surface area contributed by atoms with Gasteiger partial charge in [-0.3, -0.25) is 9.69 Å². The maximum absolute atomic E-state index is 12.2. The van der Waals surface area contributed by atoms with Crippen LogP contribution in [0.1, 0.15) is 24.3 Å². The number of amides is 1. The first-order chi connectivity index (χ1) is 10.2. The Bertz CT molecular complexity index is 459. The minimum absolute atomic E-state index is 0.0154. The van der Waals surface area contributed by atoms with Gasteiger partial charge in [0.25, 0.3) is 5.91 Å². The van der Waals surface area contributed by atoms with Crippen LogP contribution in [-0.2, 0) is 0 Å². The largest absolute Gasteiger partial charge is 0.489 e. The molecule has 21 heavy (non-hydrogen) atoms. The Balaban J connectivity index is 1.85. The van der Waals surface area contributed by atoms with Crippen LogP contribution in [0.15, 0.2) is 18.3 Å². The van der Waals surface area contributed by atoms with E-state index in [0.29, 0.717) is 18.0 Å². The molecule has 0 atom stereocenters. The Kier molecular flexibility index (Phi) is 5.95. The predicted octanol–water partition coefficient (Wildman–Crippen LogP) is 0.504. The summed E-state index contributed by atoms with van der Waals surface area (Å²) in [6.07, 6.45) is 1.62. The number of nitrogens with zero attached hydrogens (tertiary/aromatic N) is 2. The predicted molar refractivity (Wildman–Crippen MR) is 81.6 cm³/mol. The molecule has 116 valence electrons. The summed E-state index contributed by atoms with van der Waals surface area (Å²) in [5, 5.41) is 6.23.